The van der Waals surface area contributed by atoms with Gasteiger partial charge in [-0.2, -0.15) is 0 Å². The number of rotatable bonds is 14. The van der Waals surface area contributed by atoms with E-state index in [9.17, 15) is 35.9 Å². The number of aromatic nitrogens is 4. The summed E-state index contributed by atoms with van der Waals surface area (Å²) in [5.74, 6) is 2.16. The first-order chi connectivity index (χ1) is 37.8. The fourth-order valence-corrected chi connectivity index (χ4v) is 12.9. The van der Waals surface area contributed by atoms with Crippen LogP contribution in [0.2, 0.25) is 0 Å². The van der Waals surface area contributed by atoms with E-state index in [0.717, 1.165) is 149 Å². The highest BCUT2D eigenvalue weighted by Gasteiger charge is 2.53. The molecular formula is C61H69F6N7O5. The molecule has 18 heteroatoms. The summed E-state index contributed by atoms with van der Waals surface area (Å²) in [7, 11) is 0. The Morgan fingerprint density at radius 1 is 0.595 bits per heavy atom. The maximum atomic E-state index is 13.2. The van der Waals surface area contributed by atoms with Gasteiger partial charge >= 0.3 is 18.7 Å². The Morgan fingerprint density at radius 3 is 1.39 bits per heavy atom. The third kappa shape index (κ3) is 12.6. The van der Waals surface area contributed by atoms with Crippen LogP contribution in [-0.4, -0.2) is 74.9 Å². The molecule has 0 bridgehead atoms. The number of nitrogens with two attached hydrogens (primary N) is 1. The van der Waals surface area contributed by atoms with E-state index < -0.39 is 18.7 Å². The first-order valence-electron chi connectivity index (χ1n) is 27.8. The number of benzene rings is 4. The number of imidazole rings is 2. The van der Waals surface area contributed by atoms with E-state index in [-0.39, 0.29) is 17.3 Å². The number of aryl methyl sites for hydroxylation is 5. The maximum absolute atomic E-state index is 13.2. The first kappa shape index (κ1) is 55.5. The second-order valence-corrected chi connectivity index (χ2v) is 22.5. The normalized spacial score (nSPS) is 18.8. The number of halogens is 6. The number of anilines is 2. The number of aromatic carboxylic acids is 1. The van der Waals surface area contributed by atoms with Crippen LogP contribution in [0.5, 0.6) is 11.5 Å². The number of alkyl halides is 6. The molecule has 0 atom stereocenters. The topological polar surface area (TPSA) is 141 Å². The number of carboxylic acid groups (broad SMARTS) is 1. The van der Waals surface area contributed by atoms with Gasteiger partial charge in [-0.25, -0.2) is 14.8 Å². The average molecular weight is 1090 g/mol. The summed E-state index contributed by atoms with van der Waals surface area (Å²) in [5.41, 5.74) is 16.2. The van der Waals surface area contributed by atoms with E-state index in [2.05, 4.69) is 84.3 Å². The van der Waals surface area contributed by atoms with Crippen molar-refractivity contribution in [2.75, 3.05) is 36.0 Å². The van der Waals surface area contributed by atoms with E-state index in [1.165, 1.54) is 53.8 Å². The van der Waals surface area contributed by atoms with Crippen molar-refractivity contribution in [2.24, 2.45) is 16.6 Å². The Hall–Kier alpha value is -6.82. The molecule has 4 aliphatic heterocycles. The van der Waals surface area contributed by atoms with Crippen LogP contribution in [0.1, 0.15) is 150 Å². The molecule has 0 amide bonds. The summed E-state index contributed by atoms with van der Waals surface area (Å²) in [6.45, 7) is 10.1. The molecule has 6 heterocycles. The van der Waals surface area contributed by atoms with Crippen LogP contribution in [0.3, 0.4) is 0 Å². The number of carboxylic acids is 1. The summed E-state index contributed by atoms with van der Waals surface area (Å²) in [6, 6.07) is 29.6. The Kier molecular flexibility index (Phi) is 16.0. The zero-order valence-electron chi connectivity index (χ0n) is 44.9. The summed E-state index contributed by atoms with van der Waals surface area (Å²) < 4.78 is 85.7. The smallest absolute Gasteiger partial charge is 0.477 e. The van der Waals surface area contributed by atoms with E-state index in [1.54, 1.807) is 24.3 Å². The minimum Gasteiger partial charge on any atom is -0.477 e. The van der Waals surface area contributed by atoms with Crippen LogP contribution < -0.4 is 25.0 Å². The summed E-state index contributed by atoms with van der Waals surface area (Å²) in [5, 5.41) is 9.08. The fourth-order valence-electron chi connectivity index (χ4n) is 12.9. The number of ether oxygens (including phenoxy) is 2. The molecule has 2 saturated carbocycles. The number of nitrogens with zero attached hydrogens (tertiary/aromatic N) is 6. The SMILES string of the molecule is CCc1nc2n(c1C(=O)CCc1ccc(C3CC4(C3)CN(c3ccc(OC(F)(F)F)cc3)C4)cc1)CCCC2.CCc1nc2n(c1C(=O)O)CCCC2.NCc1ccc(C2CC3(C2)CN(c2ccc(OC(F)(F)F)cc2)C3)cc1. The Balaban J connectivity index is 0.000000150. The highest BCUT2D eigenvalue weighted by molar-refractivity contribution is 5.96. The minimum absolute atomic E-state index is 0.180. The van der Waals surface area contributed by atoms with Crippen molar-refractivity contribution in [2.45, 2.75) is 148 Å². The molecule has 420 valence electrons. The van der Waals surface area contributed by atoms with E-state index in [1.807, 2.05) is 11.5 Å². The van der Waals surface area contributed by atoms with Crippen molar-refractivity contribution in [3.8, 4) is 11.5 Å². The van der Waals surface area contributed by atoms with Gasteiger partial charge in [-0.3, -0.25) is 4.79 Å². The second kappa shape index (κ2) is 22.7. The Morgan fingerprint density at radius 2 is 1.00 bits per heavy atom. The predicted octanol–water partition coefficient (Wildman–Crippen LogP) is 12.8. The van der Waals surface area contributed by atoms with Crippen LogP contribution in [0.25, 0.3) is 0 Å². The molecule has 2 aliphatic carbocycles. The van der Waals surface area contributed by atoms with Gasteiger partial charge in [0.1, 0.15) is 28.8 Å². The average Bonchev–Trinajstić information content (AvgIpc) is 4.18. The highest BCUT2D eigenvalue weighted by atomic mass is 19.4. The molecule has 0 unspecified atom stereocenters. The van der Waals surface area contributed by atoms with Crippen molar-refractivity contribution < 1.29 is 50.5 Å². The van der Waals surface area contributed by atoms with Gasteiger partial charge in [-0.15, -0.1) is 26.3 Å². The van der Waals surface area contributed by atoms with Crippen molar-refractivity contribution in [3.63, 3.8) is 0 Å². The standard InChI is InChI=1S/C31H34F3N3O2.C20H21F3N2O.C10H14N2O2/c1-2-26-29(37-16-4-3-5-28(37)35-26)27(38)15-8-21-6-9-22(10-7-21)23-17-30(18-23)19-36(20-30)24-11-13-25(14-12-24)39-31(32,33)34;21-20(22,23)26-18-7-5-17(6-8-18)25-12-19(13-25)9-16(10-19)15-3-1-14(11-24)2-4-15;1-2-7-9(10(13)14)12-6-4-3-5-8(12)11-7/h6-7,9-14,23H,2-5,8,15-20H2,1H3;1-8,16H,9-13,24H2;2-6H2,1H3,(H,13,14). The van der Waals surface area contributed by atoms with Crippen molar-refractivity contribution >= 4 is 23.1 Å². The van der Waals surface area contributed by atoms with Gasteiger partial charge in [0, 0.05) is 87.3 Å². The monoisotopic (exact) mass is 1090 g/mol. The molecule has 3 N–H and O–H groups in total. The van der Waals surface area contributed by atoms with Gasteiger partial charge in [0.05, 0.1) is 11.4 Å². The molecule has 2 aromatic heterocycles. The van der Waals surface area contributed by atoms with Crippen LogP contribution in [0, 0.1) is 10.8 Å². The molecule has 12 rings (SSSR count). The molecular weight excluding hydrogens is 1020 g/mol. The summed E-state index contributed by atoms with van der Waals surface area (Å²) in [6.07, 6.45) is 4.34. The molecule has 79 heavy (non-hydrogen) atoms. The van der Waals surface area contributed by atoms with Gasteiger partial charge in [0.25, 0.3) is 0 Å². The van der Waals surface area contributed by atoms with Crippen molar-refractivity contribution in [1.29, 1.82) is 0 Å². The van der Waals surface area contributed by atoms with Crippen molar-refractivity contribution in [3.05, 3.63) is 154 Å². The predicted molar refractivity (Wildman–Crippen MR) is 289 cm³/mol. The number of ketones is 1. The molecule has 6 aromatic rings. The maximum Gasteiger partial charge on any atom is 0.573 e. The third-order valence-electron chi connectivity index (χ3n) is 16.9. The number of carbonyl (C=O) groups is 2. The van der Waals surface area contributed by atoms with Crippen LogP contribution in [0.15, 0.2) is 97.1 Å². The van der Waals surface area contributed by atoms with Crippen LogP contribution in [0.4, 0.5) is 37.7 Å². The number of fused-ring (bicyclic) bond motifs is 2. The molecule has 0 radical (unpaired) electrons. The number of hydrogen-bond acceptors (Lipinski definition) is 9. The van der Waals surface area contributed by atoms with E-state index in [0.29, 0.717) is 47.7 Å². The number of hydrogen-bond donors (Lipinski definition) is 2. The lowest BCUT2D eigenvalue weighted by atomic mass is 9.56. The van der Waals surface area contributed by atoms with Crippen LogP contribution >= 0.6 is 0 Å². The van der Waals surface area contributed by atoms with E-state index >= 15 is 0 Å². The van der Waals surface area contributed by atoms with Gasteiger partial charge in [0.15, 0.2) is 11.5 Å². The second-order valence-electron chi connectivity index (χ2n) is 22.5. The zero-order valence-corrected chi connectivity index (χ0v) is 44.9. The highest BCUT2D eigenvalue weighted by Crippen LogP contribution is 2.58. The summed E-state index contributed by atoms with van der Waals surface area (Å²) >= 11 is 0. The minimum atomic E-state index is -4.67. The van der Waals surface area contributed by atoms with E-state index in [4.69, 9.17) is 15.8 Å². The molecule has 2 saturated heterocycles. The molecule has 4 fully saturated rings. The van der Waals surface area contributed by atoms with Gasteiger partial charge in [-0.1, -0.05) is 62.4 Å². The zero-order chi connectivity index (χ0) is 55.7. The molecule has 2 spiro atoms. The lowest BCUT2D eigenvalue weighted by molar-refractivity contribution is -0.275. The largest absolute Gasteiger partial charge is 0.573 e. The number of Topliss-reactive ketones (excluding diaryl/α,β-unsaturated/α-hetero) is 1. The summed E-state index contributed by atoms with van der Waals surface area (Å²) in [4.78, 5) is 37.8. The molecule has 6 aliphatic rings. The quantitative estimate of drug-likeness (QED) is 0.0800. The lowest BCUT2D eigenvalue weighted by Gasteiger charge is -2.60. The van der Waals surface area contributed by atoms with Crippen molar-refractivity contribution in [1.82, 2.24) is 19.1 Å². The van der Waals surface area contributed by atoms with Crippen LogP contribution in [-0.2, 0) is 51.7 Å². The molecule has 4 aromatic carbocycles. The first-order valence-corrected chi connectivity index (χ1v) is 27.8. The lowest BCUT2D eigenvalue weighted by Crippen LogP contribution is -2.61. The van der Waals surface area contributed by atoms with Gasteiger partial charge < -0.3 is 39.2 Å². The van der Waals surface area contributed by atoms with Gasteiger partial charge in [0.2, 0.25) is 0 Å². The number of carbonyl (C=O) groups excluding carboxylic acids is 1. The van der Waals surface area contributed by atoms with Gasteiger partial charge in [-0.05, 0) is 153 Å². The fraction of sp³-hybridized carbons (Fsp3) is 0.475. The Labute approximate surface area is 456 Å². The molecule has 12 nitrogen and oxygen atoms in total. The third-order valence-corrected chi connectivity index (χ3v) is 16.9. The Bertz CT molecular complexity index is 3070.